The van der Waals surface area contributed by atoms with E-state index in [-0.39, 0.29) is 29.1 Å². The topological polar surface area (TPSA) is 98.5 Å². The van der Waals surface area contributed by atoms with E-state index in [0.29, 0.717) is 14.5 Å². The zero-order valence-corrected chi connectivity index (χ0v) is 18.8. The molecule has 0 aliphatic carbocycles. The maximum absolute atomic E-state index is 13.1. The van der Waals surface area contributed by atoms with Crippen molar-refractivity contribution in [1.29, 1.82) is 0 Å². The molecular formula is C21H13Br2FN2O5. The second-order valence-electron chi connectivity index (χ2n) is 6.27. The summed E-state index contributed by atoms with van der Waals surface area (Å²) in [6.45, 7) is 0. The van der Waals surface area contributed by atoms with Crippen LogP contribution < -0.4 is 10.1 Å². The first-order valence-corrected chi connectivity index (χ1v) is 10.3. The van der Waals surface area contributed by atoms with Crippen molar-refractivity contribution in [3.63, 3.8) is 0 Å². The second kappa shape index (κ2) is 9.80. The molecule has 0 atom stereocenters. The highest BCUT2D eigenvalue weighted by atomic mass is 79.9. The molecule has 0 aliphatic rings. The molecule has 0 aromatic heterocycles. The molecule has 3 aromatic carbocycles. The fraction of sp³-hybridized carbons (Fsp3) is 0.0476. The summed E-state index contributed by atoms with van der Waals surface area (Å²) in [6.07, 6.45) is -0.226. The zero-order chi connectivity index (χ0) is 22.5. The largest absolute Gasteiger partial charge is 0.421 e. The first-order chi connectivity index (χ1) is 14.7. The first-order valence-electron chi connectivity index (χ1n) is 8.73. The monoisotopic (exact) mass is 550 g/mol. The summed E-state index contributed by atoms with van der Waals surface area (Å²) in [6, 6.07) is 13.8. The van der Waals surface area contributed by atoms with E-state index in [0.717, 1.165) is 12.1 Å². The Bertz CT molecular complexity index is 1170. The van der Waals surface area contributed by atoms with Gasteiger partial charge < -0.3 is 10.1 Å². The molecule has 1 N–H and O–H groups in total. The van der Waals surface area contributed by atoms with Crippen LogP contribution in [0.1, 0.15) is 15.9 Å². The lowest BCUT2D eigenvalue weighted by Crippen LogP contribution is -2.17. The van der Waals surface area contributed by atoms with Crippen molar-refractivity contribution < 1.29 is 23.6 Å². The van der Waals surface area contributed by atoms with Crippen molar-refractivity contribution in [2.24, 2.45) is 0 Å². The number of benzene rings is 3. The minimum atomic E-state index is -0.733. The van der Waals surface area contributed by atoms with Crippen molar-refractivity contribution in [3.05, 3.63) is 96.7 Å². The lowest BCUT2D eigenvalue weighted by Gasteiger charge is -2.13. The number of esters is 1. The van der Waals surface area contributed by atoms with Gasteiger partial charge in [0.1, 0.15) is 17.3 Å². The van der Waals surface area contributed by atoms with E-state index in [2.05, 4.69) is 37.2 Å². The van der Waals surface area contributed by atoms with E-state index in [1.807, 2.05) is 0 Å². The van der Waals surface area contributed by atoms with Crippen LogP contribution in [0.4, 0.5) is 15.8 Å². The average Bonchev–Trinajstić information content (AvgIpc) is 2.71. The van der Waals surface area contributed by atoms with Crippen LogP contribution in [0.15, 0.2) is 69.6 Å². The normalized spacial score (nSPS) is 10.4. The van der Waals surface area contributed by atoms with Gasteiger partial charge in [0.05, 0.1) is 21.4 Å². The molecule has 0 fully saturated rings. The minimum absolute atomic E-state index is 0.0522. The van der Waals surface area contributed by atoms with Crippen LogP contribution in [0.25, 0.3) is 0 Å². The molecule has 0 spiro atoms. The van der Waals surface area contributed by atoms with Gasteiger partial charge in [0, 0.05) is 16.1 Å². The zero-order valence-electron chi connectivity index (χ0n) is 15.6. The molecule has 1 amide bonds. The van der Waals surface area contributed by atoms with Crippen LogP contribution in [-0.4, -0.2) is 16.8 Å². The Kier molecular flexibility index (Phi) is 7.13. The molecule has 0 unspecified atom stereocenters. The van der Waals surface area contributed by atoms with Gasteiger partial charge in [0.25, 0.3) is 5.69 Å². The van der Waals surface area contributed by atoms with Gasteiger partial charge in [-0.3, -0.25) is 14.9 Å². The van der Waals surface area contributed by atoms with Gasteiger partial charge >= 0.3 is 5.97 Å². The van der Waals surface area contributed by atoms with Crippen LogP contribution in [0, 0.1) is 15.9 Å². The molecule has 3 aromatic rings. The summed E-state index contributed by atoms with van der Waals surface area (Å²) < 4.78 is 19.6. The average molecular weight is 552 g/mol. The molecule has 0 saturated carbocycles. The van der Waals surface area contributed by atoms with Gasteiger partial charge in [0.2, 0.25) is 5.91 Å². The molecule has 0 radical (unpaired) electrons. The number of ether oxygens (including phenoxy) is 1. The third-order valence-electron chi connectivity index (χ3n) is 4.09. The molecule has 0 saturated heterocycles. The third-order valence-corrected chi connectivity index (χ3v) is 5.13. The quantitative estimate of drug-likeness (QED) is 0.184. The number of para-hydroxylation sites is 2. The SMILES string of the molecule is O=C(Cc1cc(Br)cc(Br)c1OC(=O)c1ccc(F)cc1)Nc1ccccc1[N+](=O)[O-]. The highest BCUT2D eigenvalue weighted by Gasteiger charge is 2.20. The number of nitro benzene ring substituents is 1. The molecular weight excluding hydrogens is 539 g/mol. The Morgan fingerprint density at radius 1 is 1.06 bits per heavy atom. The van der Waals surface area contributed by atoms with Gasteiger partial charge in [0.15, 0.2) is 0 Å². The number of nitrogens with one attached hydrogen (secondary N) is 1. The minimum Gasteiger partial charge on any atom is -0.421 e. The summed E-state index contributed by atoms with van der Waals surface area (Å²) in [7, 11) is 0. The van der Waals surface area contributed by atoms with Crippen LogP contribution >= 0.6 is 31.9 Å². The molecule has 158 valence electrons. The predicted molar refractivity (Wildman–Crippen MR) is 119 cm³/mol. The molecule has 31 heavy (non-hydrogen) atoms. The van der Waals surface area contributed by atoms with E-state index in [4.69, 9.17) is 4.74 Å². The number of halogens is 3. The Hall–Kier alpha value is -3.11. The predicted octanol–water partition coefficient (Wildman–Crippen LogP) is 5.66. The van der Waals surface area contributed by atoms with Gasteiger partial charge in [-0.15, -0.1) is 0 Å². The fourth-order valence-corrected chi connectivity index (χ4v) is 4.10. The number of amides is 1. The van der Waals surface area contributed by atoms with E-state index in [1.54, 1.807) is 18.2 Å². The van der Waals surface area contributed by atoms with Crippen molar-refractivity contribution in [2.45, 2.75) is 6.42 Å². The van der Waals surface area contributed by atoms with Crippen LogP contribution in [0.2, 0.25) is 0 Å². The van der Waals surface area contributed by atoms with Crippen LogP contribution in [0.5, 0.6) is 5.75 Å². The Labute approximate surface area is 192 Å². The summed E-state index contributed by atoms with van der Waals surface area (Å²) in [5.74, 6) is -1.66. The Morgan fingerprint density at radius 3 is 2.42 bits per heavy atom. The number of anilines is 1. The highest BCUT2D eigenvalue weighted by molar-refractivity contribution is 9.11. The third kappa shape index (κ3) is 5.74. The maximum atomic E-state index is 13.1. The lowest BCUT2D eigenvalue weighted by molar-refractivity contribution is -0.383. The number of nitro groups is 1. The Balaban J connectivity index is 1.84. The standard InChI is InChI=1S/C21H13Br2FN2O5/c22-14-9-13(10-19(27)25-17-3-1-2-4-18(17)26(29)30)20(16(23)11-14)31-21(28)12-5-7-15(24)8-6-12/h1-9,11H,10H2,(H,25,27). The van der Waals surface area contributed by atoms with Gasteiger partial charge in [-0.05, 0) is 58.4 Å². The maximum Gasteiger partial charge on any atom is 0.343 e. The van der Waals surface area contributed by atoms with Crippen LogP contribution in [-0.2, 0) is 11.2 Å². The molecule has 3 rings (SSSR count). The summed E-state index contributed by atoms with van der Waals surface area (Å²) in [5.41, 5.74) is 0.296. The molecule has 7 nitrogen and oxygen atoms in total. The van der Waals surface area contributed by atoms with Crippen LogP contribution in [0.3, 0.4) is 0 Å². The van der Waals surface area contributed by atoms with Crippen molar-refractivity contribution in [2.75, 3.05) is 5.32 Å². The van der Waals surface area contributed by atoms with E-state index in [9.17, 15) is 24.1 Å². The highest BCUT2D eigenvalue weighted by Crippen LogP contribution is 2.34. The second-order valence-corrected chi connectivity index (χ2v) is 8.04. The Morgan fingerprint density at radius 2 is 1.74 bits per heavy atom. The van der Waals surface area contributed by atoms with Crippen molar-refractivity contribution in [1.82, 2.24) is 0 Å². The molecule has 10 heteroatoms. The number of hydrogen-bond acceptors (Lipinski definition) is 5. The van der Waals surface area contributed by atoms with E-state index >= 15 is 0 Å². The number of carbonyl (C=O) groups excluding carboxylic acids is 2. The van der Waals surface area contributed by atoms with Crippen molar-refractivity contribution in [3.8, 4) is 5.75 Å². The number of hydrogen-bond donors (Lipinski definition) is 1. The summed E-state index contributed by atoms with van der Waals surface area (Å²) in [4.78, 5) is 35.6. The van der Waals surface area contributed by atoms with Gasteiger partial charge in [-0.2, -0.15) is 0 Å². The van der Waals surface area contributed by atoms with E-state index in [1.165, 1.54) is 30.3 Å². The lowest BCUT2D eigenvalue weighted by atomic mass is 10.1. The number of carbonyl (C=O) groups is 2. The smallest absolute Gasteiger partial charge is 0.343 e. The number of nitrogens with zero attached hydrogens (tertiary/aromatic N) is 1. The molecule has 0 heterocycles. The van der Waals surface area contributed by atoms with E-state index < -0.39 is 22.6 Å². The van der Waals surface area contributed by atoms with Gasteiger partial charge in [-0.1, -0.05) is 28.1 Å². The summed E-state index contributed by atoms with van der Waals surface area (Å²) in [5, 5.41) is 13.6. The first kappa shape index (κ1) is 22.6. The molecule has 0 bridgehead atoms. The fourth-order valence-electron chi connectivity index (χ4n) is 2.70. The van der Waals surface area contributed by atoms with Gasteiger partial charge in [-0.25, -0.2) is 9.18 Å². The van der Waals surface area contributed by atoms with Crippen molar-refractivity contribution >= 4 is 55.1 Å². The summed E-state index contributed by atoms with van der Waals surface area (Å²) >= 11 is 6.63. The molecule has 0 aliphatic heterocycles. The number of rotatable bonds is 6.